The number of rotatable bonds is 1. The Labute approximate surface area is 96.5 Å². The lowest BCUT2D eigenvalue weighted by Crippen LogP contribution is -2.27. The largest absolute Gasteiger partial charge is 0.508 e. The highest BCUT2D eigenvalue weighted by molar-refractivity contribution is 5.95. The summed E-state index contributed by atoms with van der Waals surface area (Å²) in [5.41, 5.74) is 1.96. The molecule has 0 saturated carbocycles. The molecule has 0 aliphatic rings. The third-order valence-electron chi connectivity index (χ3n) is 2.47. The van der Waals surface area contributed by atoms with Crippen molar-refractivity contribution >= 4 is 11.6 Å². The number of amides is 1. The van der Waals surface area contributed by atoms with Gasteiger partial charge in [0.25, 0.3) is 0 Å². The molecule has 2 N–H and O–H groups in total. The average molecular weight is 221 g/mol. The van der Waals surface area contributed by atoms with Crippen molar-refractivity contribution in [3.63, 3.8) is 0 Å². The molecule has 1 amide bonds. The van der Waals surface area contributed by atoms with Crippen molar-refractivity contribution in [2.75, 3.05) is 5.32 Å². The van der Waals surface area contributed by atoms with Gasteiger partial charge in [-0.05, 0) is 37.1 Å². The van der Waals surface area contributed by atoms with Gasteiger partial charge in [-0.25, -0.2) is 0 Å². The zero-order chi connectivity index (χ0) is 12.5. The lowest BCUT2D eigenvalue weighted by molar-refractivity contribution is -0.123. The van der Waals surface area contributed by atoms with E-state index in [1.807, 2.05) is 34.6 Å². The Balaban J connectivity index is 2.99. The molecule has 16 heavy (non-hydrogen) atoms. The van der Waals surface area contributed by atoms with Crippen LogP contribution < -0.4 is 5.32 Å². The van der Waals surface area contributed by atoms with Crippen LogP contribution in [0.2, 0.25) is 0 Å². The van der Waals surface area contributed by atoms with E-state index in [0.717, 1.165) is 16.8 Å². The molecular formula is C13H19NO2. The minimum absolute atomic E-state index is 0.0271. The van der Waals surface area contributed by atoms with Crippen molar-refractivity contribution < 1.29 is 9.90 Å². The number of carbonyl (C=O) groups is 1. The summed E-state index contributed by atoms with van der Waals surface area (Å²) in [6, 6.07) is 3.45. The molecular weight excluding hydrogens is 202 g/mol. The molecule has 0 radical (unpaired) electrons. The molecule has 3 nitrogen and oxygen atoms in total. The first-order valence-corrected chi connectivity index (χ1v) is 5.33. The molecule has 0 heterocycles. The van der Waals surface area contributed by atoms with Crippen molar-refractivity contribution in [3.8, 4) is 5.75 Å². The molecule has 0 aliphatic heterocycles. The lowest BCUT2D eigenvalue weighted by Gasteiger charge is -2.19. The van der Waals surface area contributed by atoms with Crippen molar-refractivity contribution in [1.29, 1.82) is 0 Å². The quantitative estimate of drug-likeness (QED) is 0.716. The van der Waals surface area contributed by atoms with E-state index in [4.69, 9.17) is 0 Å². The van der Waals surface area contributed by atoms with Gasteiger partial charge >= 0.3 is 0 Å². The van der Waals surface area contributed by atoms with Crippen LogP contribution in [0.1, 0.15) is 31.9 Å². The second-order valence-electron chi connectivity index (χ2n) is 5.16. The zero-order valence-electron chi connectivity index (χ0n) is 10.5. The number of aromatic hydroxyl groups is 1. The lowest BCUT2D eigenvalue weighted by atomic mass is 9.95. The first-order chi connectivity index (χ1) is 7.21. The number of phenols is 1. The summed E-state index contributed by atoms with van der Waals surface area (Å²) in [6.45, 7) is 9.26. The smallest absolute Gasteiger partial charge is 0.229 e. The van der Waals surface area contributed by atoms with E-state index in [9.17, 15) is 9.90 Å². The third-order valence-corrected chi connectivity index (χ3v) is 2.47. The Bertz CT molecular complexity index is 417. The Kier molecular flexibility index (Phi) is 3.27. The van der Waals surface area contributed by atoms with E-state index in [-0.39, 0.29) is 11.7 Å². The van der Waals surface area contributed by atoms with Crippen molar-refractivity contribution in [2.45, 2.75) is 34.6 Å². The Morgan fingerprint density at radius 2 is 1.75 bits per heavy atom. The van der Waals surface area contributed by atoms with Crippen LogP contribution >= 0.6 is 0 Å². The normalized spacial score (nSPS) is 11.3. The van der Waals surface area contributed by atoms with Gasteiger partial charge in [-0.2, -0.15) is 0 Å². The first-order valence-electron chi connectivity index (χ1n) is 5.33. The van der Waals surface area contributed by atoms with Gasteiger partial charge in [0.2, 0.25) is 5.91 Å². The van der Waals surface area contributed by atoms with Gasteiger partial charge in [0.15, 0.2) is 0 Å². The number of aryl methyl sites for hydroxylation is 2. The van der Waals surface area contributed by atoms with Gasteiger partial charge in [-0.15, -0.1) is 0 Å². The standard InChI is InChI=1S/C13H19NO2/c1-8-7-11(15)9(2)6-10(8)14-12(16)13(3,4)5/h6-7,15H,1-5H3,(H,14,16). The molecule has 0 aliphatic carbocycles. The molecule has 1 rings (SSSR count). The SMILES string of the molecule is Cc1cc(NC(=O)C(C)(C)C)c(C)cc1O. The monoisotopic (exact) mass is 221 g/mol. The first kappa shape index (κ1) is 12.6. The Morgan fingerprint density at radius 1 is 1.19 bits per heavy atom. The van der Waals surface area contributed by atoms with E-state index in [0.29, 0.717) is 0 Å². The minimum atomic E-state index is -0.418. The van der Waals surface area contributed by atoms with E-state index in [1.54, 1.807) is 12.1 Å². The van der Waals surface area contributed by atoms with Crippen molar-refractivity contribution in [2.24, 2.45) is 5.41 Å². The van der Waals surface area contributed by atoms with Gasteiger partial charge in [0.05, 0.1) is 0 Å². The second-order valence-corrected chi connectivity index (χ2v) is 5.16. The number of hydrogen-bond acceptors (Lipinski definition) is 2. The van der Waals surface area contributed by atoms with Gasteiger partial charge in [-0.3, -0.25) is 4.79 Å². The van der Waals surface area contributed by atoms with Gasteiger partial charge in [0.1, 0.15) is 5.75 Å². The summed E-state index contributed by atoms with van der Waals surface area (Å²) >= 11 is 0. The molecule has 1 aromatic rings. The van der Waals surface area contributed by atoms with Crippen LogP contribution in [0.4, 0.5) is 5.69 Å². The topological polar surface area (TPSA) is 49.3 Å². The summed E-state index contributed by atoms with van der Waals surface area (Å²) in [4.78, 5) is 11.8. The van der Waals surface area contributed by atoms with E-state index in [1.165, 1.54) is 0 Å². The summed E-state index contributed by atoms with van der Waals surface area (Å²) in [5, 5.41) is 12.4. The van der Waals surface area contributed by atoms with Crippen LogP contribution in [0.25, 0.3) is 0 Å². The molecule has 0 saturated heterocycles. The zero-order valence-corrected chi connectivity index (χ0v) is 10.5. The van der Waals surface area contributed by atoms with Crippen molar-refractivity contribution in [3.05, 3.63) is 23.3 Å². The van der Waals surface area contributed by atoms with Crippen LogP contribution in [-0.2, 0) is 4.79 Å². The Morgan fingerprint density at radius 3 is 2.25 bits per heavy atom. The summed E-state index contributed by atoms with van der Waals surface area (Å²) < 4.78 is 0. The van der Waals surface area contributed by atoms with Crippen LogP contribution in [-0.4, -0.2) is 11.0 Å². The molecule has 0 aromatic heterocycles. The Hall–Kier alpha value is -1.51. The molecule has 1 aromatic carbocycles. The van der Waals surface area contributed by atoms with Gasteiger partial charge in [-0.1, -0.05) is 20.8 Å². The van der Waals surface area contributed by atoms with E-state index in [2.05, 4.69) is 5.32 Å². The molecule has 0 fully saturated rings. The highest BCUT2D eigenvalue weighted by Gasteiger charge is 2.21. The van der Waals surface area contributed by atoms with Gasteiger partial charge < -0.3 is 10.4 Å². The predicted molar refractivity (Wildman–Crippen MR) is 65.7 cm³/mol. The fourth-order valence-electron chi connectivity index (χ4n) is 1.25. The molecule has 0 bridgehead atoms. The van der Waals surface area contributed by atoms with Crippen LogP contribution in [0.15, 0.2) is 12.1 Å². The van der Waals surface area contributed by atoms with Crippen LogP contribution in [0.3, 0.4) is 0 Å². The maximum atomic E-state index is 11.8. The average Bonchev–Trinajstić information content (AvgIpc) is 2.12. The van der Waals surface area contributed by atoms with E-state index < -0.39 is 5.41 Å². The van der Waals surface area contributed by atoms with Gasteiger partial charge in [0, 0.05) is 11.1 Å². The molecule has 0 atom stereocenters. The van der Waals surface area contributed by atoms with E-state index >= 15 is 0 Å². The summed E-state index contributed by atoms with van der Waals surface area (Å²) in [5.74, 6) is 0.229. The number of anilines is 1. The summed E-state index contributed by atoms with van der Waals surface area (Å²) in [6.07, 6.45) is 0. The molecule has 88 valence electrons. The minimum Gasteiger partial charge on any atom is -0.508 e. The maximum Gasteiger partial charge on any atom is 0.229 e. The number of hydrogen-bond donors (Lipinski definition) is 2. The molecule has 0 spiro atoms. The molecule has 0 unspecified atom stereocenters. The highest BCUT2D eigenvalue weighted by atomic mass is 16.3. The van der Waals surface area contributed by atoms with Crippen LogP contribution in [0.5, 0.6) is 5.75 Å². The number of carbonyl (C=O) groups excluding carboxylic acids is 1. The third kappa shape index (κ3) is 2.75. The maximum absolute atomic E-state index is 11.8. The van der Waals surface area contributed by atoms with Crippen LogP contribution in [0, 0.1) is 19.3 Å². The molecule has 3 heteroatoms. The second kappa shape index (κ2) is 4.16. The predicted octanol–water partition coefficient (Wildman–Crippen LogP) is 2.99. The highest BCUT2D eigenvalue weighted by Crippen LogP contribution is 2.26. The fraction of sp³-hybridized carbons (Fsp3) is 0.462. The summed E-state index contributed by atoms with van der Waals surface area (Å²) in [7, 11) is 0. The number of nitrogens with one attached hydrogen (secondary N) is 1. The fourth-order valence-corrected chi connectivity index (χ4v) is 1.25. The number of benzene rings is 1. The number of phenolic OH excluding ortho intramolecular Hbond substituents is 1. The van der Waals surface area contributed by atoms with Crippen molar-refractivity contribution in [1.82, 2.24) is 0 Å².